The first-order valence-corrected chi connectivity index (χ1v) is 8.97. The third kappa shape index (κ3) is 3.68. The minimum atomic E-state index is -1.53. The summed E-state index contributed by atoms with van der Waals surface area (Å²) in [6.45, 7) is -0.736. The molecule has 0 aromatic carbocycles. The van der Waals surface area contributed by atoms with Gasteiger partial charge in [-0.2, -0.15) is 0 Å². The Hall–Kier alpha value is -1.33. The molecule has 3 rings (SSSR count). The summed E-state index contributed by atoms with van der Waals surface area (Å²) in [6, 6.07) is 0. The zero-order valence-corrected chi connectivity index (χ0v) is 15.0. The van der Waals surface area contributed by atoms with E-state index in [1.54, 1.807) is 6.08 Å². The van der Waals surface area contributed by atoms with E-state index < -0.39 is 49.4 Å². The molecule has 0 saturated carbocycles. The summed E-state index contributed by atoms with van der Waals surface area (Å²) in [4.78, 5) is 12.0. The van der Waals surface area contributed by atoms with Gasteiger partial charge in [0.25, 0.3) is 0 Å². The smallest absolute Gasteiger partial charge is 0.333 e. The second-order valence-electron chi connectivity index (χ2n) is 7.06. The predicted octanol–water partition coefficient (Wildman–Crippen LogP) is -1.77. The monoisotopic (exact) mass is 386 g/mol. The molecule has 2 aliphatic carbocycles. The first kappa shape index (κ1) is 20.4. The van der Waals surface area contributed by atoms with Gasteiger partial charge in [0, 0.05) is 17.4 Å². The van der Waals surface area contributed by atoms with Gasteiger partial charge in [-0.15, -0.1) is 0 Å². The SMILES string of the molecule is COC(=O)C1=CC[C@@H](O[C@H]2O[C@H](CO)[C@@H](O)[C@H](O)[C@H]2O)C2C(CO)=CCC12. The van der Waals surface area contributed by atoms with E-state index in [4.69, 9.17) is 14.2 Å². The van der Waals surface area contributed by atoms with E-state index >= 15 is 0 Å². The Labute approximate surface area is 156 Å². The van der Waals surface area contributed by atoms with Crippen molar-refractivity contribution in [3.63, 3.8) is 0 Å². The molecule has 5 N–H and O–H groups in total. The minimum Gasteiger partial charge on any atom is -0.466 e. The van der Waals surface area contributed by atoms with Gasteiger partial charge in [-0.1, -0.05) is 12.2 Å². The molecular weight excluding hydrogens is 360 g/mol. The van der Waals surface area contributed by atoms with Crippen LogP contribution in [0.1, 0.15) is 12.8 Å². The molecule has 152 valence electrons. The van der Waals surface area contributed by atoms with Crippen molar-refractivity contribution in [1.82, 2.24) is 0 Å². The lowest BCUT2D eigenvalue weighted by Gasteiger charge is -2.43. The van der Waals surface area contributed by atoms with E-state index in [1.165, 1.54) is 7.11 Å². The molecule has 0 aromatic rings. The number of esters is 1. The van der Waals surface area contributed by atoms with E-state index in [-0.39, 0.29) is 18.4 Å². The van der Waals surface area contributed by atoms with Crippen molar-refractivity contribution < 1.29 is 44.5 Å². The Morgan fingerprint density at radius 3 is 2.52 bits per heavy atom. The summed E-state index contributed by atoms with van der Waals surface area (Å²) in [5, 5.41) is 49.0. The van der Waals surface area contributed by atoms with Crippen molar-refractivity contribution in [2.24, 2.45) is 11.8 Å². The molecule has 9 heteroatoms. The van der Waals surface area contributed by atoms with Gasteiger partial charge in [-0.05, 0) is 18.4 Å². The highest BCUT2D eigenvalue weighted by atomic mass is 16.7. The predicted molar refractivity (Wildman–Crippen MR) is 90.1 cm³/mol. The molecule has 3 aliphatic rings. The molecule has 2 unspecified atom stereocenters. The number of carbonyl (C=O) groups excluding carboxylic acids is 1. The minimum absolute atomic E-state index is 0.190. The van der Waals surface area contributed by atoms with Crippen LogP contribution in [0, 0.1) is 11.8 Å². The summed E-state index contributed by atoms with van der Waals surface area (Å²) in [6.07, 6.45) is -2.90. The molecule has 1 saturated heterocycles. The number of rotatable bonds is 5. The first-order chi connectivity index (χ1) is 12.9. The summed E-state index contributed by atoms with van der Waals surface area (Å²) >= 11 is 0. The molecule has 0 bridgehead atoms. The van der Waals surface area contributed by atoms with E-state index in [9.17, 15) is 30.3 Å². The maximum absolute atomic E-state index is 12.0. The summed E-state index contributed by atoms with van der Waals surface area (Å²) in [5.41, 5.74) is 1.25. The highest BCUT2D eigenvalue weighted by Crippen LogP contribution is 2.45. The third-order valence-corrected chi connectivity index (χ3v) is 5.63. The van der Waals surface area contributed by atoms with E-state index in [0.717, 1.165) is 5.57 Å². The molecule has 1 aliphatic heterocycles. The number of fused-ring (bicyclic) bond motifs is 1. The van der Waals surface area contributed by atoms with Crippen molar-refractivity contribution in [3.05, 3.63) is 23.3 Å². The Balaban J connectivity index is 1.80. The maximum Gasteiger partial charge on any atom is 0.333 e. The van der Waals surface area contributed by atoms with Crippen molar-refractivity contribution >= 4 is 5.97 Å². The fourth-order valence-corrected chi connectivity index (χ4v) is 4.19. The third-order valence-electron chi connectivity index (χ3n) is 5.63. The summed E-state index contributed by atoms with van der Waals surface area (Å²) in [7, 11) is 1.31. The summed E-state index contributed by atoms with van der Waals surface area (Å²) in [5.74, 6) is -0.950. The summed E-state index contributed by atoms with van der Waals surface area (Å²) < 4.78 is 16.2. The van der Waals surface area contributed by atoms with Gasteiger partial charge >= 0.3 is 5.97 Å². The Bertz CT molecular complexity index is 614. The van der Waals surface area contributed by atoms with Crippen LogP contribution < -0.4 is 0 Å². The number of ether oxygens (including phenoxy) is 3. The number of methoxy groups -OCH3 is 1. The Kier molecular flexibility index (Phi) is 6.32. The number of aliphatic hydroxyl groups excluding tert-OH is 5. The van der Waals surface area contributed by atoms with Crippen molar-refractivity contribution in [1.29, 1.82) is 0 Å². The van der Waals surface area contributed by atoms with Crippen LogP contribution in [-0.4, -0.2) is 88.6 Å². The van der Waals surface area contributed by atoms with Crippen LogP contribution >= 0.6 is 0 Å². The van der Waals surface area contributed by atoms with Crippen LogP contribution in [0.15, 0.2) is 23.3 Å². The van der Waals surface area contributed by atoms with E-state index in [2.05, 4.69) is 0 Å². The van der Waals surface area contributed by atoms with Gasteiger partial charge in [-0.25, -0.2) is 4.79 Å². The molecule has 0 amide bonds. The highest BCUT2D eigenvalue weighted by Gasteiger charge is 2.48. The quantitative estimate of drug-likeness (QED) is 0.274. The molecule has 0 aromatic heterocycles. The largest absolute Gasteiger partial charge is 0.466 e. The first-order valence-electron chi connectivity index (χ1n) is 8.97. The molecule has 1 heterocycles. The average molecular weight is 386 g/mol. The van der Waals surface area contributed by atoms with Crippen LogP contribution in [-0.2, 0) is 19.0 Å². The van der Waals surface area contributed by atoms with E-state index in [0.29, 0.717) is 18.4 Å². The number of carbonyl (C=O) groups is 1. The van der Waals surface area contributed by atoms with E-state index in [1.807, 2.05) is 6.08 Å². The van der Waals surface area contributed by atoms with Crippen LogP contribution in [0.4, 0.5) is 0 Å². The number of aliphatic hydroxyl groups is 5. The second-order valence-corrected chi connectivity index (χ2v) is 7.06. The second kappa shape index (κ2) is 8.36. The number of hydrogen-bond donors (Lipinski definition) is 5. The zero-order chi connectivity index (χ0) is 19.7. The average Bonchev–Trinajstić information content (AvgIpc) is 3.12. The van der Waals surface area contributed by atoms with Crippen LogP contribution in [0.3, 0.4) is 0 Å². The van der Waals surface area contributed by atoms with Crippen molar-refractivity contribution in [2.75, 3.05) is 20.3 Å². The van der Waals surface area contributed by atoms with Gasteiger partial charge in [-0.3, -0.25) is 0 Å². The highest BCUT2D eigenvalue weighted by molar-refractivity contribution is 5.89. The topological polar surface area (TPSA) is 146 Å². The van der Waals surface area contributed by atoms with Crippen molar-refractivity contribution in [2.45, 2.75) is 49.7 Å². The fourth-order valence-electron chi connectivity index (χ4n) is 4.19. The van der Waals surface area contributed by atoms with Gasteiger partial charge in [0.05, 0.1) is 26.4 Å². The lowest BCUT2D eigenvalue weighted by atomic mass is 9.76. The normalized spacial score (nSPS) is 41.6. The molecule has 27 heavy (non-hydrogen) atoms. The maximum atomic E-state index is 12.0. The van der Waals surface area contributed by atoms with Gasteiger partial charge in [0.2, 0.25) is 0 Å². The van der Waals surface area contributed by atoms with Gasteiger partial charge in [0.1, 0.15) is 24.4 Å². The lowest BCUT2D eigenvalue weighted by molar-refractivity contribution is -0.314. The van der Waals surface area contributed by atoms with Gasteiger partial charge in [0.15, 0.2) is 6.29 Å². The van der Waals surface area contributed by atoms with Crippen molar-refractivity contribution in [3.8, 4) is 0 Å². The molecule has 0 spiro atoms. The molecular formula is C18H26O9. The Morgan fingerprint density at radius 1 is 1.15 bits per heavy atom. The molecule has 9 nitrogen and oxygen atoms in total. The molecule has 0 radical (unpaired) electrons. The number of hydrogen-bond acceptors (Lipinski definition) is 9. The van der Waals surface area contributed by atoms with Crippen LogP contribution in [0.2, 0.25) is 0 Å². The van der Waals surface area contributed by atoms with Crippen LogP contribution in [0.25, 0.3) is 0 Å². The Morgan fingerprint density at radius 2 is 1.89 bits per heavy atom. The molecule has 8 atom stereocenters. The van der Waals surface area contributed by atoms with Crippen LogP contribution in [0.5, 0.6) is 0 Å². The zero-order valence-electron chi connectivity index (χ0n) is 15.0. The fraction of sp³-hybridized carbons (Fsp3) is 0.722. The number of allylic oxidation sites excluding steroid dienone is 1. The van der Waals surface area contributed by atoms with Gasteiger partial charge < -0.3 is 39.7 Å². The molecule has 1 fully saturated rings. The standard InChI is InChI=1S/C18H26O9/c1-25-17(24)10-4-5-11(13-8(6-19)2-3-9(10)13)26-18-16(23)15(22)14(21)12(7-20)27-18/h2,4,9,11-16,18-23H,3,5-7H2,1H3/t9?,11-,12-,13?,14-,15+,16-,18+/m1/s1. The lowest BCUT2D eigenvalue weighted by Crippen LogP contribution is -2.60.